The van der Waals surface area contributed by atoms with E-state index in [4.69, 9.17) is 4.74 Å². The predicted octanol–water partition coefficient (Wildman–Crippen LogP) is 1.53. The third kappa shape index (κ3) is 1.60. The molecule has 0 radical (unpaired) electrons. The Morgan fingerprint density at radius 3 is 2.11 bits per heavy atom. The van der Waals surface area contributed by atoms with E-state index in [0.29, 0.717) is 16.7 Å². The van der Waals surface area contributed by atoms with Gasteiger partial charge in [-0.05, 0) is 13.8 Å². The summed E-state index contributed by atoms with van der Waals surface area (Å²) in [5.74, 6) is -0.483. The average molecular weight is 258 g/mol. The van der Waals surface area contributed by atoms with Crippen LogP contribution >= 0.6 is 0 Å². The smallest absolute Gasteiger partial charge is 0.192 e. The molecule has 1 heterocycles. The van der Waals surface area contributed by atoms with E-state index in [-0.39, 0.29) is 17.1 Å². The van der Waals surface area contributed by atoms with Gasteiger partial charge in [0.2, 0.25) is 0 Å². The van der Waals surface area contributed by atoms with Gasteiger partial charge in [0.05, 0.1) is 12.2 Å². The summed E-state index contributed by atoms with van der Waals surface area (Å²) >= 11 is 0. The highest BCUT2D eigenvalue weighted by atomic mass is 16.5. The normalized spacial score (nSPS) is 30.2. The number of ketones is 2. The highest BCUT2D eigenvalue weighted by Crippen LogP contribution is 2.35. The lowest BCUT2D eigenvalue weighted by atomic mass is 9.77. The van der Waals surface area contributed by atoms with E-state index in [9.17, 15) is 14.7 Å². The number of benzene rings is 1. The van der Waals surface area contributed by atoms with Crippen LogP contribution in [0.5, 0.6) is 0 Å². The summed E-state index contributed by atoms with van der Waals surface area (Å²) in [5, 5.41) is 10.1. The van der Waals surface area contributed by atoms with Crippen molar-refractivity contribution in [1.29, 1.82) is 0 Å². The molecule has 1 N–H and O–H groups in total. The fourth-order valence-electron chi connectivity index (χ4n) is 2.81. The van der Waals surface area contributed by atoms with Crippen LogP contribution in [-0.2, 0) is 4.74 Å². The van der Waals surface area contributed by atoms with Gasteiger partial charge in [0.1, 0.15) is 6.10 Å². The van der Waals surface area contributed by atoms with Crippen LogP contribution in [0.2, 0.25) is 0 Å². The Balaban J connectivity index is 2.25. The molecule has 1 aromatic rings. The molecule has 1 aromatic carbocycles. The molecule has 0 saturated carbocycles. The number of ether oxygens (including phenoxy) is 1. The first-order valence-electron chi connectivity index (χ1n) is 6.28. The van der Waals surface area contributed by atoms with Crippen LogP contribution in [0.1, 0.15) is 34.6 Å². The Hall–Kier alpha value is -1.78. The molecule has 1 aliphatic heterocycles. The maximum absolute atomic E-state index is 12.5. The second-order valence-corrected chi connectivity index (χ2v) is 4.96. The second kappa shape index (κ2) is 4.11. The van der Waals surface area contributed by atoms with Crippen molar-refractivity contribution in [2.75, 3.05) is 0 Å². The topological polar surface area (TPSA) is 63.6 Å². The monoisotopic (exact) mass is 258 g/mol. The van der Waals surface area contributed by atoms with E-state index >= 15 is 0 Å². The van der Waals surface area contributed by atoms with Gasteiger partial charge < -0.3 is 9.84 Å². The van der Waals surface area contributed by atoms with Gasteiger partial charge in [0, 0.05) is 22.3 Å². The first kappa shape index (κ1) is 12.3. The molecule has 2 aliphatic rings. The minimum absolute atomic E-state index is 0.204. The van der Waals surface area contributed by atoms with Gasteiger partial charge in [-0.15, -0.1) is 0 Å². The van der Waals surface area contributed by atoms with Gasteiger partial charge in [0.15, 0.2) is 11.6 Å². The number of carbonyl (C=O) groups is 2. The van der Waals surface area contributed by atoms with Crippen LogP contribution in [-0.4, -0.2) is 35.0 Å². The molecule has 0 bridgehead atoms. The molecule has 1 aliphatic carbocycles. The zero-order chi connectivity index (χ0) is 13.7. The summed E-state index contributed by atoms with van der Waals surface area (Å²) in [6.07, 6.45) is -2.01. The third-order valence-electron chi connectivity index (χ3n) is 3.76. The first-order chi connectivity index (χ1) is 9.02. The summed E-state index contributed by atoms with van der Waals surface area (Å²) in [6.45, 7) is 3.43. The van der Waals surface area contributed by atoms with E-state index < -0.39 is 18.3 Å². The Kier molecular flexibility index (Phi) is 2.66. The lowest BCUT2D eigenvalue weighted by Gasteiger charge is -2.36. The summed E-state index contributed by atoms with van der Waals surface area (Å²) in [7, 11) is 0. The molecule has 98 valence electrons. The summed E-state index contributed by atoms with van der Waals surface area (Å²) in [6, 6.07) is 6.70. The van der Waals surface area contributed by atoms with E-state index in [0.717, 1.165) is 0 Å². The molecule has 0 amide bonds. The third-order valence-corrected chi connectivity index (χ3v) is 3.76. The van der Waals surface area contributed by atoms with Gasteiger partial charge in [0.25, 0.3) is 0 Å². The van der Waals surface area contributed by atoms with Crippen LogP contribution in [0.3, 0.4) is 0 Å². The van der Waals surface area contributed by atoms with E-state index in [1.54, 1.807) is 38.1 Å². The standard InChI is InChI=1S/C15H14O4/c1-7-11-12(13(16)8(2)19-7)15(18)10-6-4-3-5-9(10)14(11)17/h3-8,13,16H,1-2H3. The maximum Gasteiger partial charge on any atom is 0.192 e. The van der Waals surface area contributed by atoms with E-state index in [1.807, 2.05) is 0 Å². The van der Waals surface area contributed by atoms with Gasteiger partial charge in [-0.3, -0.25) is 9.59 Å². The fourth-order valence-corrected chi connectivity index (χ4v) is 2.81. The highest BCUT2D eigenvalue weighted by molar-refractivity contribution is 6.27. The minimum Gasteiger partial charge on any atom is -0.386 e. The molecule has 3 unspecified atom stereocenters. The minimum atomic E-state index is -1.05. The van der Waals surface area contributed by atoms with Crippen molar-refractivity contribution in [2.24, 2.45) is 0 Å². The van der Waals surface area contributed by atoms with Crippen LogP contribution in [0.25, 0.3) is 0 Å². The van der Waals surface area contributed by atoms with Crippen molar-refractivity contribution in [3.8, 4) is 0 Å². The number of Topliss-reactive ketones (excluding diaryl/α,β-unsaturated/α-hetero) is 2. The maximum atomic E-state index is 12.5. The average Bonchev–Trinajstić information content (AvgIpc) is 2.40. The van der Waals surface area contributed by atoms with Crippen LogP contribution in [0.4, 0.5) is 0 Å². The Morgan fingerprint density at radius 1 is 1.00 bits per heavy atom. The molecular weight excluding hydrogens is 244 g/mol. The zero-order valence-electron chi connectivity index (χ0n) is 10.7. The lowest BCUT2D eigenvalue weighted by molar-refractivity contribution is -0.0492. The van der Waals surface area contributed by atoms with Crippen LogP contribution in [0, 0.1) is 0 Å². The number of hydrogen-bond acceptors (Lipinski definition) is 4. The number of aliphatic hydroxyl groups is 1. The Labute approximate surface area is 110 Å². The fraction of sp³-hybridized carbons (Fsp3) is 0.333. The molecule has 0 saturated heterocycles. The number of hydrogen-bond donors (Lipinski definition) is 1. The van der Waals surface area contributed by atoms with Crippen LogP contribution in [0.15, 0.2) is 35.4 Å². The van der Waals surface area contributed by atoms with E-state index in [2.05, 4.69) is 0 Å². The SMILES string of the molecule is CC1OC(C)C(O)C2=C1C(=O)c1ccccc1C2=O. The van der Waals surface area contributed by atoms with Gasteiger partial charge >= 0.3 is 0 Å². The molecule has 4 heteroatoms. The Morgan fingerprint density at radius 2 is 1.53 bits per heavy atom. The molecule has 3 atom stereocenters. The van der Waals surface area contributed by atoms with Crippen molar-refractivity contribution in [1.82, 2.24) is 0 Å². The van der Waals surface area contributed by atoms with Gasteiger partial charge in [-0.25, -0.2) is 0 Å². The molecule has 4 nitrogen and oxygen atoms in total. The van der Waals surface area contributed by atoms with Crippen LogP contribution < -0.4 is 0 Å². The first-order valence-corrected chi connectivity index (χ1v) is 6.28. The molecule has 19 heavy (non-hydrogen) atoms. The molecule has 0 fully saturated rings. The number of carbonyl (C=O) groups excluding carboxylic acids is 2. The van der Waals surface area contributed by atoms with Gasteiger partial charge in [-0.1, -0.05) is 24.3 Å². The van der Waals surface area contributed by atoms with Crippen molar-refractivity contribution in [3.63, 3.8) is 0 Å². The summed E-state index contributed by atoms with van der Waals surface area (Å²) in [5.41, 5.74) is 1.26. The largest absolute Gasteiger partial charge is 0.386 e. The van der Waals surface area contributed by atoms with Gasteiger partial charge in [-0.2, -0.15) is 0 Å². The summed E-state index contributed by atoms with van der Waals surface area (Å²) < 4.78 is 5.52. The molecule has 0 spiro atoms. The summed E-state index contributed by atoms with van der Waals surface area (Å²) in [4.78, 5) is 24.9. The van der Waals surface area contributed by atoms with Crippen molar-refractivity contribution in [3.05, 3.63) is 46.5 Å². The predicted molar refractivity (Wildman–Crippen MR) is 68.1 cm³/mol. The number of fused-ring (bicyclic) bond motifs is 1. The quantitative estimate of drug-likeness (QED) is 0.766. The lowest BCUT2D eigenvalue weighted by Crippen LogP contribution is -2.45. The van der Waals surface area contributed by atoms with Crippen molar-refractivity contribution < 1.29 is 19.4 Å². The van der Waals surface area contributed by atoms with Crippen molar-refractivity contribution in [2.45, 2.75) is 32.2 Å². The second-order valence-electron chi connectivity index (χ2n) is 4.96. The van der Waals surface area contributed by atoms with Crippen molar-refractivity contribution >= 4 is 11.6 Å². The number of aliphatic hydroxyl groups excluding tert-OH is 1. The highest BCUT2D eigenvalue weighted by Gasteiger charge is 2.43. The molecular formula is C15H14O4. The Bertz CT molecular complexity index is 614. The molecule has 0 aromatic heterocycles. The zero-order valence-corrected chi connectivity index (χ0v) is 10.7. The van der Waals surface area contributed by atoms with E-state index in [1.165, 1.54) is 0 Å². The molecule has 3 rings (SSSR count). The number of rotatable bonds is 0.